The van der Waals surface area contributed by atoms with E-state index in [4.69, 9.17) is 0 Å². The van der Waals surface area contributed by atoms with Crippen molar-refractivity contribution in [2.45, 2.75) is 26.3 Å². The van der Waals surface area contributed by atoms with E-state index >= 15 is 0 Å². The molecule has 2 rings (SSSR count). The average Bonchev–Trinajstić information content (AvgIpc) is 2.83. The van der Waals surface area contributed by atoms with E-state index in [0.29, 0.717) is 5.92 Å². The van der Waals surface area contributed by atoms with Gasteiger partial charge in [0.1, 0.15) is 0 Å². The highest BCUT2D eigenvalue weighted by Gasteiger charge is 2.30. The lowest BCUT2D eigenvalue weighted by atomic mass is 9.96. The van der Waals surface area contributed by atoms with E-state index in [2.05, 4.69) is 36.6 Å². The summed E-state index contributed by atoms with van der Waals surface area (Å²) in [6, 6.07) is 10.3. The first-order valence-electron chi connectivity index (χ1n) is 6.78. The van der Waals surface area contributed by atoms with Gasteiger partial charge in [0.2, 0.25) is 5.91 Å². The van der Waals surface area contributed by atoms with Gasteiger partial charge >= 0.3 is 0 Å². The zero-order valence-electron chi connectivity index (χ0n) is 11.1. The van der Waals surface area contributed by atoms with Crippen LogP contribution >= 0.6 is 0 Å². The molecule has 3 nitrogen and oxygen atoms in total. The zero-order valence-corrected chi connectivity index (χ0v) is 11.1. The summed E-state index contributed by atoms with van der Waals surface area (Å²) in [6.45, 7) is 5.99. The summed E-state index contributed by atoms with van der Waals surface area (Å²) in [7, 11) is 0. The first kappa shape index (κ1) is 13.1. The number of carbonyl (C=O) groups is 1. The van der Waals surface area contributed by atoms with Crippen molar-refractivity contribution in [3.63, 3.8) is 0 Å². The van der Waals surface area contributed by atoms with Crippen LogP contribution in [0.5, 0.6) is 0 Å². The molecule has 1 fully saturated rings. The van der Waals surface area contributed by atoms with Crippen LogP contribution in [0.3, 0.4) is 0 Å². The zero-order chi connectivity index (χ0) is 13.0. The monoisotopic (exact) mass is 246 g/mol. The molecule has 3 atom stereocenters. The van der Waals surface area contributed by atoms with Gasteiger partial charge in [-0.3, -0.25) is 4.79 Å². The van der Waals surface area contributed by atoms with E-state index in [0.717, 1.165) is 19.5 Å². The van der Waals surface area contributed by atoms with Gasteiger partial charge in [-0.05, 0) is 24.4 Å². The maximum absolute atomic E-state index is 12.2. The minimum atomic E-state index is 0.114. The molecule has 1 saturated heterocycles. The minimum Gasteiger partial charge on any atom is -0.349 e. The molecule has 0 bridgehead atoms. The standard InChI is InChI=1S/C15H22N2O/c1-3-14(12-7-5-4-6-8-12)17-15(18)13-10-16-9-11(13)2/h4-8,11,13-14,16H,3,9-10H2,1-2H3,(H,17,18). The van der Waals surface area contributed by atoms with Crippen molar-refractivity contribution in [3.8, 4) is 0 Å². The van der Waals surface area contributed by atoms with Gasteiger partial charge in [-0.25, -0.2) is 0 Å². The molecular formula is C15H22N2O. The predicted octanol–water partition coefficient (Wildman–Crippen LogP) is 2.11. The Morgan fingerprint density at radius 3 is 2.67 bits per heavy atom. The fraction of sp³-hybridized carbons (Fsp3) is 0.533. The van der Waals surface area contributed by atoms with Crippen LogP contribution < -0.4 is 10.6 Å². The Morgan fingerprint density at radius 1 is 1.39 bits per heavy atom. The van der Waals surface area contributed by atoms with Crippen LogP contribution in [0.2, 0.25) is 0 Å². The maximum Gasteiger partial charge on any atom is 0.225 e. The SMILES string of the molecule is CCC(NC(=O)C1CNCC1C)c1ccccc1. The van der Waals surface area contributed by atoms with Crippen LogP contribution in [-0.2, 0) is 4.79 Å². The molecule has 1 aromatic carbocycles. The number of rotatable bonds is 4. The molecule has 3 unspecified atom stereocenters. The normalized spacial score (nSPS) is 24.8. The highest BCUT2D eigenvalue weighted by molar-refractivity contribution is 5.80. The van der Waals surface area contributed by atoms with Crippen LogP contribution in [-0.4, -0.2) is 19.0 Å². The van der Waals surface area contributed by atoms with E-state index in [1.54, 1.807) is 0 Å². The Balaban J connectivity index is 2.00. The molecule has 0 aliphatic carbocycles. The van der Waals surface area contributed by atoms with Gasteiger partial charge in [0.05, 0.1) is 12.0 Å². The van der Waals surface area contributed by atoms with Crippen LogP contribution in [0.25, 0.3) is 0 Å². The molecule has 3 heteroatoms. The molecule has 1 aliphatic heterocycles. The van der Waals surface area contributed by atoms with E-state index < -0.39 is 0 Å². The second-order valence-corrected chi connectivity index (χ2v) is 5.12. The Labute approximate surface area is 109 Å². The summed E-state index contributed by atoms with van der Waals surface area (Å²) in [6.07, 6.45) is 0.921. The molecule has 0 spiro atoms. The summed E-state index contributed by atoms with van der Waals surface area (Å²) in [5.41, 5.74) is 1.19. The molecule has 1 amide bonds. The Hall–Kier alpha value is -1.35. The Bertz CT molecular complexity index is 391. The Kier molecular flexibility index (Phi) is 4.37. The quantitative estimate of drug-likeness (QED) is 0.854. The molecule has 0 aromatic heterocycles. The van der Waals surface area contributed by atoms with Gasteiger partial charge in [-0.15, -0.1) is 0 Å². The van der Waals surface area contributed by atoms with Crippen LogP contribution in [0, 0.1) is 11.8 Å². The third-order valence-electron chi connectivity index (χ3n) is 3.78. The molecule has 2 N–H and O–H groups in total. The summed E-state index contributed by atoms with van der Waals surface area (Å²) in [5.74, 6) is 0.726. The first-order valence-corrected chi connectivity index (χ1v) is 6.78. The fourth-order valence-corrected chi connectivity index (χ4v) is 2.55. The molecule has 1 aliphatic rings. The number of carbonyl (C=O) groups excluding carboxylic acids is 1. The molecule has 18 heavy (non-hydrogen) atoms. The van der Waals surface area contributed by atoms with Crippen LogP contribution in [0.4, 0.5) is 0 Å². The second-order valence-electron chi connectivity index (χ2n) is 5.12. The number of nitrogens with one attached hydrogen (secondary N) is 2. The van der Waals surface area contributed by atoms with E-state index in [-0.39, 0.29) is 17.9 Å². The molecule has 0 radical (unpaired) electrons. The van der Waals surface area contributed by atoms with Gasteiger partial charge < -0.3 is 10.6 Å². The van der Waals surface area contributed by atoms with Crippen molar-refractivity contribution in [2.75, 3.05) is 13.1 Å². The molecule has 1 aromatic rings. The number of benzene rings is 1. The maximum atomic E-state index is 12.2. The van der Waals surface area contributed by atoms with Crippen molar-refractivity contribution in [2.24, 2.45) is 11.8 Å². The minimum absolute atomic E-state index is 0.114. The topological polar surface area (TPSA) is 41.1 Å². The predicted molar refractivity (Wildman–Crippen MR) is 73.1 cm³/mol. The third-order valence-corrected chi connectivity index (χ3v) is 3.78. The smallest absolute Gasteiger partial charge is 0.225 e. The van der Waals surface area contributed by atoms with Crippen molar-refractivity contribution in [1.82, 2.24) is 10.6 Å². The van der Waals surface area contributed by atoms with Crippen molar-refractivity contribution in [3.05, 3.63) is 35.9 Å². The van der Waals surface area contributed by atoms with Crippen molar-refractivity contribution in [1.29, 1.82) is 0 Å². The average molecular weight is 246 g/mol. The highest BCUT2D eigenvalue weighted by Crippen LogP contribution is 2.20. The lowest BCUT2D eigenvalue weighted by molar-refractivity contribution is -0.126. The molecule has 1 heterocycles. The lowest BCUT2D eigenvalue weighted by Crippen LogP contribution is -2.36. The molecule has 0 saturated carbocycles. The van der Waals surface area contributed by atoms with Crippen LogP contribution in [0.1, 0.15) is 31.9 Å². The third kappa shape index (κ3) is 2.91. The number of hydrogen-bond acceptors (Lipinski definition) is 2. The second kappa shape index (κ2) is 6.01. The van der Waals surface area contributed by atoms with Gasteiger partial charge in [0, 0.05) is 6.54 Å². The van der Waals surface area contributed by atoms with Gasteiger partial charge in [0.25, 0.3) is 0 Å². The summed E-state index contributed by atoms with van der Waals surface area (Å²) >= 11 is 0. The van der Waals surface area contributed by atoms with Gasteiger partial charge in [-0.2, -0.15) is 0 Å². The first-order chi connectivity index (χ1) is 8.72. The molecule has 98 valence electrons. The van der Waals surface area contributed by atoms with E-state index in [9.17, 15) is 4.79 Å². The van der Waals surface area contributed by atoms with E-state index in [1.807, 2.05) is 18.2 Å². The molecular weight excluding hydrogens is 224 g/mol. The number of hydrogen-bond donors (Lipinski definition) is 2. The summed E-state index contributed by atoms with van der Waals surface area (Å²) in [4.78, 5) is 12.2. The highest BCUT2D eigenvalue weighted by atomic mass is 16.2. The largest absolute Gasteiger partial charge is 0.349 e. The number of amides is 1. The van der Waals surface area contributed by atoms with Crippen molar-refractivity contribution < 1.29 is 4.79 Å². The summed E-state index contributed by atoms with van der Waals surface area (Å²) in [5, 5.41) is 6.45. The van der Waals surface area contributed by atoms with Crippen LogP contribution in [0.15, 0.2) is 30.3 Å². The fourth-order valence-electron chi connectivity index (χ4n) is 2.55. The lowest BCUT2D eigenvalue weighted by Gasteiger charge is -2.21. The van der Waals surface area contributed by atoms with Gasteiger partial charge in [-0.1, -0.05) is 44.2 Å². The van der Waals surface area contributed by atoms with Gasteiger partial charge in [0.15, 0.2) is 0 Å². The summed E-state index contributed by atoms with van der Waals surface area (Å²) < 4.78 is 0. The van der Waals surface area contributed by atoms with Crippen molar-refractivity contribution >= 4 is 5.91 Å². The van der Waals surface area contributed by atoms with E-state index in [1.165, 1.54) is 5.56 Å². The Morgan fingerprint density at radius 2 is 2.11 bits per heavy atom.